The van der Waals surface area contributed by atoms with Crippen molar-refractivity contribution in [2.45, 2.75) is 231 Å². The number of aliphatic carboxylic acids is 1. The first kappa shape index (κ1) is 56.0. The topological polar surface area (TPSA) is 172 Å². The Morgan fingerprint density at radius 3 is 1.38 bits per heavy atom. The van der Waals surface area contributed by atoms with Crippen molar-refractivity contribution >= 4 is 25.7 Å². The summed E-state index contributed by atoms with van der Waals surface area (Å²) < 4.78 is 32.8. The predicted octanol–water partition coefficient (Wildman–Crippen LogP) is 12.6. The van der Waals surface area contributed by atoms with E-state index in [0.717, 1.165) is 57.8 Å². The number of hydrogen-bond donors (Lipinski definition) is 3. The van der Waals surface area contributed by atoms with Crippen molar-refractivity contribution in [1.82, 2.24) is 0 Å². The van der Waals surface area contributed by atoms with Gasteiger partial charge in [-0.25, -0.2) is 4.57 Å². The van der Waals surface area contributed by atoms with Crippen molar-refractivity contribution in [2.75, 3.05) is 19.8 Å². The smallest absolute Gasteiger partial charge is 0.472 e. The third kappa shape index (κ3) is 40.7. The lowest BCUT2D eigenvalue weighted by Gasteiger charge is -2.20. The van der Waals surface area contributed by atoms with Crippen LogP contribution >= 0.6 is 7.82 Å². The van der Waals surface area contributed by atoms with Crippen molar-refractivity contribution < 1.29 is 47.5 Å². The summed E-state index contributed by atoms with van der Waals surface area (Å²) in [6.07, 6.45) is 43.7. The van der Waals surface area contributed by atoms with Gasteiger partial charge >= 0.3 is 25.7 Å². The van der Waals surface area contributed by atoms with Crippen LogP contribution in [0.5, 0.6) is 0 Å². The third-order valence-electron chi connectivity index (χ3n) is 10.2. The average molecular weight is 844 g/mol. The molecule has 4 N–H and O–H groups in total. The van der Waals surface area contributed by atoms with E-state index in [1.807, 2.05) is 0 Å². The van der Waals surface area contributed by atoms with E-state index in [0.29, 0.717) is 12.8 Å². The van der Waals surface area contributed by atoms with Crippen LogP contribution in [0, 0.1) is 0 Å². The molecule has 0 aromatic carbocycles. The fraction of sp³-hybridized carbons (Fsp3) is 0.848. The van der Waals surface area contributed by atoms with Crippen LogP contribution in [-0.2, 0) is 37.5 Å². The maximum atomic E-state index is 12.6. The predicted molar refractivity (Wildman–Crippen MR) is 236 cm³/mol. The number of ether oxygens (including phenoxy) is 2. The molecule has 0 aromatic rings. The first-order valence-corrected chi connectivity index (χ1v) is 24.9. The molecule has 0 aromatic heterocycles. The quantitative estimate of drug-likeness (QED) is 0.0231. The maximum Gasteiger partial charge on any atom is 0.472 e. The highest BCUT2D eigenvalue weighted by Gasteiger charge is 2.28. The number of rotatable bonds is 44. The first-order valence-electron chi connectivity index (χ1n) is 23.4. The number of esters is 2. The zero-order chi connectivity index (χ0) is 42.8. The number of phosphoric acid groups is 1. The Bertz CT molecular complexity index is 1080. The van der Waals surface area contributed by atoms with Gasteiger partial charge < -0.3 is 25.2 Å². The van der Waals surface area contributed by atoms with Crippen LogP contribution in [0.2, 0.25) is 0 Å². The van der Waals surface area contributed by atoms with Gasteiger partial charge in [0.15, 0.2) is 6.10 Å². The van der Waals surface area contributed by atoms with Crippen molar-refractivity contribution in [3.63, 3.8) is 0 Å². The molecule has 58 heavy (non-hydrogen) atoms. The fourth-order valence-electron chi connectivity index (χ4n) is 6.51. The number of carboxylic acids is 1. The lowest BCUT2D eigenvalue weighted by molar-refractivity contribution is -0.161. The SMILES string of the molecule is CCCCC/C=C\C/C=C\CCCCCCCCCC(=O)OC(COC(=O)CCCCCCCCCCCCCCCCCCC)COP(=O)(O)OCC(N)C(=O)O. The van der Waals surface area contributed by atoms with Crippen LogP contribution in [0.4, 0.5) is 0 Å². The van der Waals surface area contributed by atoms with Crippen molar-refractivity contribution in [3.8, 4) is 0 Å². The zero-order valence-corrected chi connectivity index (χ0v) is 37.8. The lowest BCUT2D eigenvalue weighted by Crippen LogP contribution is -2.34. The van der Waals surface area contributed by atoms with Gasteiger partial charge in [-0.15, -0.1) is 0 Å². The van der Waals surface area contributed by atoms with Gasteiger partial charge in [-0.05, 0) is 44.9 Å². The monoisotopic (exact) mass is 844 g/mol. The summed E-state index contributed by atoms with van der Waals surface area (Å²) in [6, 6.07) is -1.52. The Morgan fingerprint density at radius 2 is 0.914 bits per heavy atom. The molecule has 3 atom stereocenters. The molecule has 11 nitrogen and oxygen atoms in total. The molecule has 0 fully saturated rings. The van der Waals surface area contributed by atoms with Gasteiger partial charge in [0.25, 0.3) is 0 Å². The number of allylic oxidation sites excluding steroid dienone is 4. The van der Waals surface area contributed by atoms with Crippen LogP contribution in [0.15, 0.2) is 24.3 Å². The average Bonchev–Trinajstić information content (AvgIpc) is 3.20. The van der Waals surface area contributed by atoms with Gasteiger partial charge in [0, 0.05) is 12.8 Å². The number of nitrogens with two attached hydrogens (primary N) is 1. The fourth-order valence-corrected chi connectivity index (χ4v) is 7.29. The normalized spacial score (nSPS) is 13.9. The number of carbonyl (C=O) groups is 3. The highest BCUT2D eigenvalue weighted by molar-refractivity contribution is 7.47. The van der Waals surface area contributed by atoms with Crippen molar-refractivity contribution in [2.24, 2.45) is 5.73 Å². The molecular formula is C46H86NO10P. The van der Waals surface area contributed by atoms with E-state index in [9.17, 15) is 23.8 Å². The largest absolute Gasteiger partial charge is 0.480 e. The second-order valence-corrected chi connectivity index (χ2v) is 17.3. The molecule has 0 amide bonds. The minimum Gasteiger partial charge on any atom is -0.480 e. The summed E-state index contributed by atoms with van der Waals surface area (Å²) in [6.45, 7) is 2.80. The van der Waals surface area contributed by atoms with Crippen LogP contribution in [0.25, 0.3) is 0 Å². The summed E-state index contributed by atoms with van der Waals surface area (Å²) in [7, 11) is -4.72. The molecule has 0 spiro atoms. The Balaban J connectivity index is 4.30. The van der Waals surface area contributed by atoms with E-state index >= 15 is 0 Å². The van der Waals surface area contributed by atoms with Crippen molar-refractivity contribution in [1.29, 1.82) is 0 Å². The standard InChI is InChI=1S/C46H86NO10P/c1-3-5-7-9-11-13-15-17-19-21-23-25-27-29-31-33-35-37-44(48)54-39-42(40-55-58(52,53)56-41-43(47)46(50)51)57-45(49)38-36-34-32-30-28-26-24-22-20-18-16-14-12-10-8-6-4-2/h12,14,18,20,42-43H,3-11,13,15-17,19,21-41,47H2,1-2H3,(H,50,51)(H,52,53)/b14-12-,20-18-. The molecular weight excluding hydrogens is 757 g/mol. The van der Waals surface area contributed by atoms with Gasteiger partial charge in [-0.3, -0.25) is 23.4 Å². The van der Waals surface area contributed by atoms with Gasteiger partial charge in [0.1, 0.15) is 12.6 Å². The number of unbranched alkanes of at least 4 members (excludes halogenated alkanes) is 26. The maximum absolute atomic E-state index is 12.6. The third-order valence-corrected chi connectivity index (χ3v) is 11.2. The molecule has 0 aliphatic rings. The van der Waals surface area contributed by atoms with Gasteiger partial charge in [-0.1, -0.05) is 186 Å². The highest BCUT2D eigenvalue weighted by atomic mass is 31.2. The van der Waals surface area contributed by atoms with Crippen molar-refractivity contribution in [3.05, 3.63) is 24.3 Å². The zero-order valence-electron chi connectivity index (χ0n) is 36.9. The second-order valence-electron chi connectivity index (χ2n) is 15.9. The molecule has 340 valence electrons. The number of carboxylic acid groups (broad SMARTS) is 1. The molecule has 0 aliphatic carbocycles. The van der Waals surface area contributed by atoms with E-state index in [-0.39, 0.29) is 19.4 Å². The molecule has 0 rings (SSSR count). The van der Waals surface area contributed by atoms with E-state index < -0.39 is 51.1 Å². The highest BCUT2D eigenvalue weighted by Crippen LogP contribution is 2.43. The second kappa shape index (κ2) is 41.7. The van der Waals surface area contributed by atoms with Crippen LogP contribution < -0.4 is 5.73 Å². The van der Waals surface area contributed by atoms with Crippen LogP contribution in [0.3, 0.4) is 0 Å². The minimum absolute atomic E-state index is 0.155. The van der Waals surface area contributed by atoms with Gasteiger partial charge in [-0.2, -0.15) is 0 Å². The molecule has 12 heteroatoms. The summed E-state index contributed by atoms with van der Waals surface area (Å²) in [5.41, 5.74) is 5.34. The Kier molecular flexibility index (Phi) is 40.2. The molecule has 0 heterocycles. The molecule has 0 saturated carbocycles. The van der Waals surface area contributed by atoms with E-state index in [2.05, 4.69) is 42.7 Å². The Labute approximate surface area is 353 Å². The van der Waals surface area contributed by atoms with E-state index in [1.54, 1.807) is 0 Å². The van der Waals surface area contributed by atoms with E-state index in [1.165, 1.54) is 122 Å². The molecule has 0 bridgehead atoms. The summed E-state index contributed by atoms with van der Waals surface area (Å²) in [5, 5.41) is 8.90. The summed E-state index contributed by atoms with van der Waals surface area (Å²) >= 11 is 0. The number of phosphoric ester groups is 1. The lowest BCUT2D eigenvalue weighted by atomic mass is 10.0. The van der Waals surface area contributed by atoms with Gasteiger partial charge in [0.05, 0.1) is 13.2 Å². The first-order chi connectivity index (χ1) is 28.1. The van der Waals surface area contributed by atoms with Crippen LogP contribution in [0.1, 0.15) is 219 Å². The van der Waals surface area contributed by atoms with Gasteiger partial charge in [0.2, 0.25) is 0 Å². The Hall–Kier alpha value is -2.04. The molecule has 0 aliphatic heterocycles. The molecule has 3 unspecified atom stereocenters. The number of hydrogen-bond acceptors (Lipinski definition) is 9. The van der Waals surface area contributed by atoms with Crippen LogP contribution in [-0.4, -0.2) is 59.9 Å². The summed E-state index contributed by atoms with van der Waals surface area (Å²) in [4.78, 5) is 46.0. The minimum atomic E-state index is -4.72. The Morgan fingerprint density at radius 1 is 0.534 bits per heavy atom. The summed E-state index contributed by atoms with van der Waals surface area (Å²) in [5.74, 6) is -2.38. The number of carbonyl (C=O) groups excluding carboxylic acids is 2. The molecule has 0 saturated heterocycles. The molecule has 0 radical (unpaired) electrons. The van der Waals surface area contributed by atoms with E-state index in [4.69, 9.17) is 24.8 Å².